The van der Waals surface area contributed by atoms with Crippen molar-refractivity contribution in [3.8, 4) is 0 Å². The van der Waals surface area contributed by atoms with E-state index in [-0.39, 0.29) is 12.8 Å². The zero-order chi connectivity index (χ0) is 12.4. The summed E-state index contributed by atoms with van der Waals surface area (Å²) in [5.74, 6) is -1.74. The van der Waals surface area contributed by atoms with Crippen molar-refractivity contribution in [2.45, 2.75) is 25.7 Å². The Labute approximate surface area is 95.9 Å². The Kier molecular flexibility index (Phi) is 7.68. The zero-order valence-corrected chi connectivity index (χ0v) is 9.31. The normalized spacial score (nSPS) is 9.00. The molecule has 1 rings (SSSR count). The number of carboxylic acids is 2. The zero-order valence-electron chi connectivity index (χ0n) is 8.50. The van der Waals surface area contributed by atoms with E-state index < -0.39 is 11.9 Å². The van der Waals surface area contributed by atoms with Gasteiger partial charge in [-0.2, -0.15) is 0 Å². The first-order chi connectivity index (χ1) is 7.52. The molecule has 0 bridgehead atoms. The molecule has 0 aromatic carbocycles. The maximum atomic E-state index is 9.90. The summed E-state index contributed by atoms with van der Waals surface area (Å²) in [5, 5.41) is 23.7. The predicted molar refractivity (Wildman–Crippen MR) is 58.1 cm³/mol. The summed E-state index contributed by atoms with van der Waals surface area (Å²) in [7, 11) is 0. The van der Waals surface area contributed by atoms with E-state index in [4.69, 9.17) is 15.9 Å². The topological polar surface area (TPSA) is 126 Å². The van der Waals surface area contributed by atoms with Gasteiger partial charge in [-0.1, -0.05) is 11.3 Å². The molecule has 0 unspecified atom stereocenters. The van der Waals surface area contributed by atoms with Crippen LogP contribution in [0.5, 0.6) is 0 Å². The summed E-state index contributed by atoms with van der Waals surface area (Å²) in [6.07, 6.45) is 1.02. The van der Waals surface area contributed by atoms with Crippen LogP contribution < -0.4 is 5.73 Å². The van der Waals surface area contributed by atoms with Crippen LogP contribution >= 0.6 is 11.3 Å². The minimum atomic E-state index is -0.870. The number of nitrogens with zero attached hydrogens (tertiary/aromatic N) is 2. The van der Waals surface area contributed by atoms with Gasteiger partial charge >= 0.3 is 11.9 Å². The summed E-state index contributed by atoms with van der Waals surface area (Å²) >= 11 is 1.33. The standard InChI is InChI=1S/C6H10O4.C2H3N3S/c7-5(8)3-1-2-4-6(9)10;3-2-5-4-1-6-2/h1-4H2,(H,7,8)(H,9,10);1H,(H2,3,5). The molecule has 0 amide bonds. The molecule has 4 N–H and O–H groups in total. The minimum Gasteiger partial charge on any atom is -0.481 e. The molecular formula is C8H13N3O4S. The fraction of sp³-hybridized carbons (Fsp3) is 0.500. The van der Waals surface area contributed by atoms with E-state index in [1.165, 1.54) is 11.3 Å². The second-order valence-corrected chi connectivity index (χ2v) is 3.64. The fourth-order valence-electron chi connectivity index (χ4n) is 0.734. The van der Waals surface area contributed by atoms with E-state index in [9.17, 15) is 9.59 Å². The van der Waals surface area contributed by atoms with Gasteiger partial charge in [-0.25, -0.2) is 0 Å². The predicted octanol–water partition coefficient (Wildman–Crippen LogP) is 0.836. The third-order valence-electron chi connectivity index (χ3n) is 1.41. The van der Waals surface area contributed by atoms with E-state index in [2.05, 4.69) is 10.2 Å². The van der Waals surface area contributed by atoms with E-state index in [1.54, 1.807) is 5.51 Å². The fourth-order valence-corrected chi connectivity index (χ4v) is 1.03. The van der Waals surface area contributed by atoms with Crippen molar-refractivity contribution in [1.82, 2.24) is 10.2 Å². The Morgan fingerprint density at radius 3 is 1.94 bits per heavy atom. The van der Waals surface area contributed by atoms with Gasteiger partial charge in [0.25, 0.3) is 0 Å². The highest BCUT2D eigenvalue weighted by atomic mass is 32.1. The van der Waals surface area contributed by atoms with Gasteiger partial charge in [0.05, 0.1) is 0 Å². The molecule has 16 heavy (non-hydrogen) atoms. The maximum absolute atomic E-state index is 9.90. The van der Waals surface area contributed by atoms with Gasteiger partial charge in [-0.3, -0.25) is 9.59 Å². The van der Waals surface area contributed by atoms with Crippen LogP contribution in [0.3, 0.4) is 0 Å². The largest absolute Gasteiger partial charge is 0.481 e. The van der Waals surface area contributed by atoms with Crippen LogP contribution in [0, 0.1) is 0 Å². The van der Waals surface area contributed by atoms with Crippen molar-refractivity contribution >= 4 is 28.4 Å². The van der Waals surface area contributed by atoms with Crippen LogP contribution in [-0.2, 0) is 9.59 Å². The quantitative estimate of drug-likeness (QED) is 0.658. The number of aliphatic carboxylic acids is 2. The molecule has 0 saturated heterocycles. The molecule has 8 heteroatoms. The number of hydrogen-bond donors (Lipinski definition) is 3. The second-order valence-electron chi connectivity index (χ2n) is 2.77. The number of carboxylic acid groups (broad SMARTS) is 2. The van der Waals surface area contributed by atoms with Gasteiger partial charge in [0, 0.05) is 12.8 Å². The number of unbranched alkanes of at least 4 members (excludes halogenated alkanes) is 1. The summed E-state index contributed by atoms with van der Waals surface area (Å²) in [4.78, 5) is 19.8. The first-order valence-electron chi connectivity index (χ1n) is 4.47. The summed E-state index contributed by atoms with van der Waals surface area (Å²) in [6, 6.07) is 0. The molecule has 0 radical (unpaired) electrons. The molecule has 1 aromatic rings. The lowest BCUT2D eigenvalue weighted by Gasteiger charge is -1.92. The minimum absolute atomic E-state index is 0.0628. The Morgan fingerprint density at radius 1 is 1.25 bits per heavy atom. The van der Waals surface area contributed by atoms with E-state index >= 15 is 0 Å². The van der Waals surface area contributed by atoms with Crippen molar-refractivity contribution in [3.05, 3.63) is 5.51 Å². The Bertz CT molecular complexity index is 299. The number of anilines is 1. The van der Waals surface area contributed by atoms with E-state index in [0.29, 0.717) is 18.0 Å². The average Bonchev–Trinajstić information content (AvgIpc) is 2.64. The average molecular weight is 247 g/mol. The molecule has 0 saturated carbocycles. The van der Waals surface area contributed by atoms with Crippen molar-refractivity contribution in [2.75, 3.05) is 5.73 Å². The van der Waals surface area contributed by atoms with Gasteiger partial charge in [0.2, 0.25) is 5.13 Å². The third-order valence-corrected chi connectivity index (χ3v) is 1.93. The smallest absolute Gasteiger partial charge is 0.303 e. The number of aromatic nitrogens is 2. The first-order valence-corrected chi connectivity index (χ1v) is 5.35. The molecule has 7 nitrogen and oxygen atoms in total. The summed E-state index contributed by atoms with van der Waals surface area (Å²) in [6.45, 7) is 0. The highest BCUT2D eigenvalue weighted by molar-refractivity contribution is 7.13. The molecule has 1 heterocycles. The number of nitrogen functional groups attached to an aromatic ring is 1. The van der Waals surface area contributed by atoms with Gasteiger partial charge in [-0.15, -0.1) is 10.2 Å². The third kappa shape index (κ3) is 10.4. The monoisotopic (exact) mass is 247 g/mol. The molecule has 0 spiro atoms. The second kappa shape index (κ2) is 8.60. The highest BCUT2D eigenvalue weighted by Gasteiger charge is 1.99. The lowest BCUT2D eigenvalue weighted by molar-refractivity contribution is -0.139. The molecule has 0 aliphatic carbocycles. The first kappa shape index (κ1) is 14.3. The molecular weight excluding hydrogens is 234 g/mol. The molecule has 0 aliphatic rings. The molecule has 0 fully saturated rings. The Morgan fingerprint density at radius 2 is 1.75 bits per heavy atom. The van der Waals surface area contributed by atoms with Crippen molar-refractivity contribution < 1.29 is 19.8 Å². The molecule has 0 aliphatic heterocycles. The lowest BCUT2D eigenvalue weighted by Crippen LogP contribution is -1.97. The van der Waals surface area contributed by atoms with Crippen molar-refractivity contribution in [1.29, 1.82) is 0 Å². The van der Waals surface area contributed by atoms with Crippen LogP contribution in [-0.4, -0.2) is 32.3 Å². The van der Waals surface area contributed by atoms with Crippen molar-refractivity contribution in [3.63, 3.8) is 0 Å². The number of nitrogens with two attached hydrogens (primary N) is 1. The van der Waals surface area contributed by atoms with E-state index in [1.807, 2.05) is 0 Å². The Balaban J connectivity index is 0.000000315. The summed E-state index contributed by atoms with van der Waals surface area (Å²) < 4.78 is 0. The number of rotatable bonds is 5. The van der Waals surface area contributed by atoms with Gasteiger partial charge < -0.3 is 15.9 Å². The van der Waals surface area contributed by atoms with Crippen LogP contribution in [0.25, 0.3) is 0 Å². The SMILES string of the molecule is Nc1nncs1.O=C(O)CCCCC(=O)O. The van der Waals surface area contributed by atoms with Gasteiger partial charge in [0.15, 0.2) is 0 Å². The maximum Gasteiger partial charge on any atom is 0.303 e. The van der Waals surface area contributed by atoms with Crippen LogP contribution in [0.2, 0.25) is 0 Å². The molecule has 90 valence electrons. The van der Waals surface area contributed by atoms with Gasteiger partial charge in [-0.05, 0) is 12.8 Å². The van der Waals surface area contributed by atoms with Gasteiger partial charge in [0.1, 0.15) is 5.51 Å². The molecule has 0 atom stereocenters. The number of carbonyl (C=O) groups is 2. The van der Waals surface area contributed by atoms with Crippen molar-refractivity contribution in [2.24, 2.45) is 0 Å². The lowest BCUT2D eigenvalue weighted by atomic mass is 10.2. The van der Waals surface area contributed by atoms with E-state index in [0.717, 1.165) is 0 Å². The summed E-state index contributed by atoms with van der Waals surface area (Å²) in [5.41, 5.74) is 6.72. The number of hydrogen-bond acceptors (Lipinski definition) is 6. The Hall–Kier alpha value is -1.70. The molecule has 1 aromatic heterocycles. The highest BCUT2D eigenvalue weighted by Crippen LogP contribution is 1.99. The van der Waals surface area contributed by atoms with Crippen LogP contribution in [0.1, 0.15) is 25.7 Å². The van der Waals surface area contributed by atoms with Crippen LogP contribution in [0.4, 0.5) is 5.13 Å². The van der Waals surface area contributed by atoms with Crippen LogP contribution in [0.15, 0.2) is 5.51 Å².